The van der Waals surface area contributed by atoms with Crippen molar-refractivity contribution in [1.82, 2.24) is 0 Å². The minimum Gasteiger partial charge on any atom is -0.392 e. The number of aliphatic hydroxyl groups is 1. The van der Waals surface area contributed by atoms with E-state index < -0.39 is 5.60 Å². The molecule has 180 valence electrons. The highest BCUT2D eigenvalue weighted by molar-refractivity contribution is 5.43. The van der Waals surface area contributed by atoms with Gasteiger partial charge < -0.3 is 5.11 Å². The molecule has 3 nitrogen and oxygen atoms in total. The van der Waals surface area contributed by atoms with Crippen molar-refractivity contribution >= 4 is 0 Å². The topological polar surface area (TPSA) is 49.7 Å². The average molecular weight is 443 g/mol. The van der Waals surface area contributed by atoms with Crippen LogP contribution < -0.4 is 0 Å². The molecule has 8 atom stereocenters. The lowest BCUT2D eigenvalue weighted by atomic mass is 9.49. The van der Waals surface area contributed by atoms with Crippen LogP contribution >= 0.6 is 0 Å². The van der Waals surface area contributed by atoms with Gasteiger partial charge in [0.15, 0.2) is 0 Å². The van der Waals surface area contributed by atoms with E-state index in [2.05, 4.69) is 44.7 Å². The second-order valence-corrected chi connectivity index (χ2v) is 13.8. The van der Waals surface area contributed by atoms with Gasteiger partial charge in [-0.2, -0.15) is 0 Å². The highest BCUT2D eigenvalue weighted by atomic mass is 17.1. The third-order valence-corrected chi connectivity index (χ3v) is 11.6. The first-order chi connectivity index (χ1) is 14.9. The maximum absolute atomic E-state index is 10.8. The Hall–Kier alpha value is -0.640. The zero-order valence-electron chi connectivity index (χ0n) is 21.3. The third-order valence-electron chi connectivity index (χ3n) is 11.6. The molecule has 2 N–H and O–H groups in total. The van der Waals surface area contributed by atoms with Crippen LogP contribution in [0.2, 0.25) is 0 Å². The summed E-state index contributed by atoms with van der Waals surface area (Å²) in [6, 6.07) is 0. The Kier molecular flexibility index (Phi) is 5.19. The number of hydrogen-bond donors (Lipinski definition) is 2. The molecular weight excluding hydrogens is 396 g/mol. The summed E-state index contributed by atoms with van der Waals surface area (Å²) in [5, 5.41) is 19.8. The standard InChI is InChI=1S/C29H46O3/c1-19(8-7-14-25(2,3)32-31)20-9-10-21-22-11-12-23-26(4,5)24(30)13-15-29(23)18-28(22,29)17-16-27(20,21)6/h7,12,14,19-22,24,30-31H,8-11,13,15-18H2,1-6H3/b14-7+/t19-,20-,21+,22+,24+,27-,28+,29-/m1/s1. The van der Waals surface area contributed by atoms with E-state index in [0.717, 1.165) is 30.6 Å². The molecule has 0 aromatic carbocycles. The van der Waals surface area contributed by atoms with Crippen molar-refractivity contribution in [2.24, 2.45) is 45.3 Å². The van der Waals surface area contributed by atoms with Crippen molar-refractivity contribution in [2.75, 3.05) is 0 Å². The summed E-state index contributed by atoms with van der Waals surface area (Å²) >= 11 is 0. The molecule has 5 rings (SSSR count). The van der Waals surface area contributed by atoms with Gasteiger partial charge >= 0.3 is 0 Å². The quantitative estimate of drug-likeness (QED) is 0.270. The summed E-state index contributed by atoms with van der Waals surface area (Å²) in [7, 11) is 0. The summed E-state index contributed by atoms with van der Waals surface area (Å²) < 4.78 is 0. The van der Waals surface area contributed by atoms with E-state index in [1.165, 1.54) is 44.9 Å². The minimum absolute atomic E-state index is 0.0431. The van der Waals surface area contributed by atoms with Gasteiger partial charge in [0.1, 0.15) is 5.60 Å². The molecular formula is C29H46O3. The molecule has 5 aliphatic carbocycles. The van der Waals surface area contributed by atoms with Gasteiger partial charge in [0.05, 0.1) is 6.10 Å². The third kappa shape index (κ3) is 2.96. The Bertz CT molecular complexity index is 824. The lowest BCUT2D eigenvalue weighted by Gasteiger charge is -2.56. The largest absolute Gasteiger partial charge is 0.392 e. The maximum Gasteiger partial charge on any atom is 0.116 e. The van der Waals surface area contributed by atoms with Gasteiger partial charge in [-0.25, -0.2) is 4.89 Å². The molecule has 0 saturated heterocycles. The van der Waals surface area contributed by atoms with Crippen LogP contribution in [0, 0.1) is 45.3 Å². The SMILES string of the molecule is C[C@H](C/C=C/C(C)(C)OO)[C@H]1CC[C@H]2[C@@H]3CC=C4C(C)(C)[C@@H](O)CC[C@@]45C[C@@]35CC[C@]12C. The number of hydrogen-bond acceptors (Lipinski definition) is 3. The first-order valence-electron chi connectivity index (χ1n) is 13.3. The summed E-state index contributed by atoms with van der Waals surface area (Å²) in [6.07, 6.45) is 18.2. The van der Waals surface area contributed by atoms with E-state index in [9.17, 15) is 5.11 Å². The molecule has 0 heterocycles. The van der Waals surface area contributed by atoms with Gasteiger partial charge in [-0.3, -0.25) is 5.26 Å². The Balaban J connectivity index is 1.36. The Labute approximate surface area is 195 Å². The van der Waals surface area contributed by atoms with E-state index in [-0.39, 0.29) is 11.5 Å². The zero-order valence-corrected chi connectivity index (χ0v) is 21.3. The van der Waals surface area contributed by atoms with Gasteiger partial charge in [0.25, 0.3) is 0 Å². The Morgan fingerprint density at radius 2 is 1.88 bits per heavy atom. The second kappa shape index (κ2) is 7.18. The van der Waals surface area contributed by atoms with Crippen LogP contribution in [0.15, 0.2) is 23.8 Å². The predicted octanol–water partition coefficient (Wildman–Crippen LogP) is 7.17. The summed E-state index contributed by atoms with van der Waals surface area (Å²) in [5.74, 6) is 3.16. The Morgan fingerprint density at radius 3 is 2.59 bits per heavy atom. The molecule has 32 heavy (non-hydrogen) atoms. The molecule has 0 radical (unpaired) electrons. The van der Waals surface area contributed by atoms with Crippen molar-refractivity contribution in [3.63, 3.8) is 0 Å². The molecule has 0 aromatic heterocycles. The van der Waals surface area contributed by atoms with Crippen molar-refractivity contribution in [3.8, 4) is 0 Å². The fraction of sp³-hybridized carbons (Fsp3) is 0.862. The second-order valence-electron chi connectivity index (χ2n) is 13.8. The van der Waals surface area contributed by atoms with Crippen molar-refractivity contribution in [1.29, 1.82) is 0 Å². The van der Waals surface area contributed by atoms with Crippen LogP contribution in [0.25, 0.3) is 0 Å². The van der Waals surface area contributed by atoms with E-state index in [0.29, 0.717) is 22.2 Å². The van der Waals surface area contributed by atoms with Crippen LogP contribution in [-0.2, 0) is 4.89 Å². The van der Waals surface area contributed by atoms with Gasteiger partial charge in [-0.15, -0.1) is 0 Å². The minimum atomic E-state index is -0.604. The molecule has 0 aliphatic heterocycles. The molecule has 0 unspecified atom stereocenters. The highest BCUT2D eigenvalue weighted by Gasteiger charge is 2.78. The summed E-state index contributed by atoms with van der Waals surface area (Å²) in [5.41, 5.74) is 2.41. The molecule has 4 saturated carbocycles. The van der Waals surface area contributed by atoms with Gasteiger partial charge in [0.2, 0.25) is 0 Å². The normalized spacial score (nSPS) is 47.8. The van der Waals surface area contributed by atoms with Crippen molar-refractivity contribution in [3.05, 3.63) is 23.8 Å². The van der Waals surface area contributed by atoms with Crippen LogP contribution in [-0.4, -0.2) is 22.1 Å². The fourth-order valence-electron chi connectivity index (χ4n) is 9.86. The van der Waals surface area contributed by atoms with Crippen LogP contribution in [0.4, 0.5) is 0 Å². The number of rotatable bonds is 5. The van der Waals surface area contributed by atoms with Crippen LogP contribution in [0.1, 0.15) is 99.3 Å². The number of allylic oxidation sites excluding steroid dienone is 2. The predicted molar refractivity (Wildman–Crippen MR) is 129 cm³/mol. The maximum atomic E-state index is 10.8. The van der Waals surface area contributed by atoms with Crippen molar-refractivity contribution < 1.29 is 15.3 Å². The van der Waals surface area contributed by atoms with E-state index in [1.54, 1.807) is 5.57 Å². The molecule has 2 spiro atoms. The van der Waals surface area contributed by atoms with E-state index in [4.69, 9.17) is 5.26 Å². The summed E-state index contributed by atoms with van der Waals surface area (Å²) in [4.78, 5) is 4.58. The zero-order chi connectivity index (χ0) is 23.2. The molecule has 5 aliphatic rings. The first kappa shape index (κ1) is 23.1. The van der Waals surface area contributed by atoms with Crippen molar-refractivity contribution in [2.45, 2.75) is 111 Å². The average Bonchev–Trinajstić information content (AvgIpc) is 3.27. The lowest BCUT2D eigenvalue weighted by Crippen LogP contribution is -2.50. The fourth-order valence-corrected chi connectivity index (χ4v) is 9.86. The molecule has 0 aromatic rings. The molecule has 3 heteroatoms. The van der Waals surface area contributed by atoms with Gasteiger partial charge in [-0.1, -0.05) is 51.5 Å². The Morgan fingerprint density at radius 1 is 1.12 bits per heavy atom. The van der Waals surface area contributed by atoms with Crippen LogP contribution in [0.3, 0.4) is 0 Å². The van der Waals surface area contributed by atoms with Gasteiger partial charge in [0, 0.05) is 5.41 Å². The number of aliphatic hydroxyl groups excluding tert-OH is 1. The molecule has 4 fully saturated rings. The number of fused-ring (bicyclic) bond motifs is 2. The van der Waals surface area contributed by atoms with E-state index in [1.807, 2.05) is 19.9 Å². The highest BCUT2D eigenvalue weighted by Crippen LogP contribution is 2.85. The van der Waals surface area contributed by atoms with E-state index >= 15 is 0 Å². The first-order valence-corrected chi connectivity index (χ1v) is 13.3. The smallest absolute Gasteiger partial charge is 0.116 e. The molecule has 0 amide bonds. The van der Waals surface area contributed by atoms with Gasteiger partial charge in [-0.05, 0) is 112 Å². The van der Waals surface area contributed by atoms with Crippen LogP contribution in [0.5, 0.6) is 0 Å². The lowest BCUT2D eigenvalue weighted by molar-refractivity contribution is -0.297. The molecule has 0 bridgehead atoms. The summed E-state index contributed by atoms with van der Waals surface area (Å²) in [6.45, 7) is 13.5. The monoisotopic (exact) mass is 442 g/mol.